The highest BCUT2D eigenvalue weighted by molar-refractivity contribution is 7.99. The number of aryl methyl sites for hydroxylation is 1. The predicted octanol–water partition coefficient (Wildman–Crippen LogP) is 4.37. The van der Waals surface area contributed by atoms with Gasteiger partial charge in [0, 0.05) is 11.9 Å². The summed E-state index contributed by atoms with van der Waals surface area (Å²) < 4.78 is 39.7. The van der Waals surface area contributed by atoms with Crippen LogP contribution in [0.3, 0.4) is 0 Å². The van der Waals surface area contributed by atoms with Crippen molar-refractivity contribution in [1.82, 2.24) is 19.7 Å². The molecule has 0 bridgehead atoms. The quantitative estimate of drug-likeness (QED) is 0.612. The lowest BCUT2D eigenvalue weighted by Crippen LogP contribution is -2.16. The Labute approximate surface area is 167 Å². The largest absolute Gasteiger partial charge is 0.417 e. The number of pyridine rings is 1. The molecule has 3 rings (SSSR count). The number of thioether (sulfide) groups is 1. The number of carbonyl (C=O) groups excluding carboxylic acids is 1. The molecule has 1 amide bonds. The number of carbonyl (C=O) groups is 1. The summed E-state index contributed by atoms with van der Waals surface area (Å²) in [5.74, 6) is -0.0220. The van der Waals surface area contributed by atoms with E-state index < -0.39 is 17.6 Å². The van der Waals surface area contributed by atoms with Crippen LogP contribution in [0.2, 0.25) is 5.02 Å². The zero-order valence-corrected chi connectivity index (χ0v) is 15.9. The van der Waals surface area contributed by atoms with Crippen molar-refractivity contribution in [2.24, 2.45) is 0 Å². The molecule has 0 saturated carbocycles. The van der Waals surface area contributed by atoms with Gasteiger partial charge >= 0.3 is 6.18 Å². The second kappa shape index (κ2) is 8.19. The predicted molar refractivity (Wildman–Crippen MR) is 99.7 cm³/mol. The Morgan fingerprint density at radius 3 is 2.61 bits per heavy atom. The Morgan fingerprint density at radius 1 is 1.25 bits per heavy atom. The smallest absolute Gasteiger partial charge is 0.309 e. The van der Waals surface area contributed by atoms with Crippen molar-refractivity contribution < 1.29 is 18.0 Å². The highest BCUT2D eigenvalue weighted by atomic mass is 35.5. The number of aromatic nitrogens is 4. The molecule has 3 aromatic rings. The maximum atomic E-state index is 12.6. The Kier molecular flexibility index (Phi) is 5.90. The summed E-state index contributed by atoms with van der Waals surface area (Å²) in [6, 6.07) is 10.1. The first-order valence-electron chi connectivity index (χ1n) is 7.88. The van der Waals surface area contributed by atoms with Gasteiger partial charge in [-0.2, -0.15) is 13.2 Å². The van der Waals surface area contributed by atoms with Crippen LogP contribution in [-0.4, -0.2) is 31.4 Å². The number of halogens is 4. The minimum absolute atomic E-state index is 0.0516. The summed E-state index contributed by atoms with van der Waals surface area (Å²) in [5, 5.41) is 10.7. The standard InChI is InChI=1S/C17H13ClF3N5OS/c1-10-24-25-16(26(10)12-5-3-2-4-6-12)28-9-14(27)23-15-13(18)7-11(8-22-15)17(19,20)21/h2-8H,9H2,1H3,(H,22,23,27). The van der Waals surface area contributed by atoms with Gasteiger partial charge in [0.2, 0.25) is 5.91 Å². The van der Waals surface area contributed by atoms with Crippen LogP contribution in [0.1, 0.15) is 11.4 Å². The molecular formula is C17H13ClF3N5OS. The zero-order valence-electron chi connectivity index (χ0n) is 14.4. The molecule has 28 heavy (non-hydrogen) atoms. The Bertz CT molecular complexity index is 994. The van der Waals surface area contributed by atoms with Gasteiger partial charge in [0.1, 0.15) is 5.82 Å². The van der Waals surface area contributed by atoms with Gasteiger partial charge in [-0.1, -0.05) is 41.6 Å². The number of para-hydroxylation sites is 1. The second-order valence-corrected chi connectivity index (χ2v) is 6.94. The number of anilines is 1. The van der Waals surface area contributed by atoms with E-state index in [1.807, 2.05) is 30.3 Å². The molecule has 0 atom stereocenters. The van der Waals surface area contributed by atoms with E-state index in [1.54, 1.807) is 11.5 Å². The van der Waals surface area contributed by atoms with Crippen molar-refractivity contribution in [2.75, 3.05) is 11.1 Å². The van der Waals surface area contributed by atoms with E-state index in [9.17, 15) is 18.0 Å². The number of hydrogen-bond acceptors (Lipinski definition) is 5. The van der Waals surface area contributed by atoms with Crippen molar-refractivity contribution in [3.05, 3.63) is 59.0 Å². The number of hydrogen-bond donors (Lipinski definition) is 1. The molecule has 0 unspecified atom stereocenters. The molecule has 0 aliphatic heterocycles. The average molecular weight is 428 g/mol. The molecule has 2 heterocycles. The molecule has 0 saturated heterocycles. The molecule has 146 valence electrons. The van der Waals surface area contributed by atoms with Gasteiger partial charge < -0.3 is 5.32 Å². The molecule has 2 aromatic heterocycles. The molecular weight excluding hydrogens is 415 g/mol. The van der Waals surface area contributed by atoms with Gasteiger partial charge in [-0.3, -0.25) is 9.36 Å². The first kappa shape index (κ1) is 20.2. The Balaban J connectivity index is 1.68. The normalized spacial score (nSPS) is 11.5. The lowest BCUT2D eigenvalue weighted by molar-refractivity contribution is -0.137. The van der Waals surface area contributed by atoms with E-state index in [0.717, 1.165) is 17.4 Å². The molecule has 1 aromatic carbocycles. The summed E-state index contributed by atoms with van der Waals surface area (Å²) >= 11 is 6.92. The number of amides is 1. The third kappa shape index (κ3) is 4.63. The molecule has 1 N–H and O–H groups in total. The SMILES string of the molecule is Cc1nnc(SCC(=O)Nc2ncc(C(F)(F)F)cc2Cl)n1-c1ccccc1. The van der Waals surface area contributed by atoms with Gasteiger partial charge in [0.05, 0.1) is 16.3 Å². The zero-order chi connectivity index (χ0) is 20.3. The van der Waals surface area contributed by atoms with Crippen molar-refractivity contribution in [3.63, 3.8) is 0 Å². The monoisotopic (exact) mass is 427 g/mol. The Morgan fingerprint density at radius 2 is 1.96 bits per heavy atom. The fourth-order valence-electron chi connectivity index (χ4n) is 2.29. The van der Waals surface area contributed by atoms with Crippen molar-refractivity contribution >= 4 is 35.1 Å². The van der Waals surface area contributed by atoms with Crippen LogP contribution >= 0.6 is 23.4 Å². The molecule has 0 radical (unpaired) electrons. The number of rotatable bonds is 5. The first-order chi connectivity index (χ1) is 13.3. The maximum Gasteiger partial charge on any atom is 0.417 e. The topological polar surface area (TPSA) is 72.7 Å². The minimum Gasteiger partial charge on any atom is -0.309 e. The first-order valence-corrected chi connectivity index (χ1v) is 9.25. The van der Waals surface area contributed by atoms with Crippen molar-refractivity contribution in [2.45, 2.75) is 18.3 Å². The van der Waals surface area contributed by atoms with Gasteiger partial charge in [0.15, 0.2) is 11.0 Å². The number of nitrogens with one attached hydrogen (secondary N) is 1. The molecule has 0 spiro atoms. The van der Waals surface area contributed by atoms with Crippen LogP contribution in [0, 0.1) is 6.92 Å². The molecule has 0 aliphatic rings. The van der Waals surface area contributed by atoms with Crippen molar-refractivity contribution in [1.29, 1.82) is 0 Å². The molecule has 0 fully saturated rings. The van der Waals surface area contributed by atoms with Gasteiger partial charge in [-0.25, -0.2) is 4.98 Å². The summed E-state index contributed by atoms with van der Waals surface area (Å²) in [6.45, 7) is 1.79. The van der Waals surface area contributed by atoms with E-state index >= 15 is 0 Å². The van der Waals surface area contributed by atoms with Crippen molar-refractivity contribution in [3.8, 4) is 5.69 Å². The Hall–Kier alpha value is -2.59. The molecule has 11 heteroatoms. The molecule has 6 nitrogen and oxygen atoms in total. The minimum atomic E-state index is -4.56. The second-order valence-electron chi connectivity index (χ2n) is 5.59. The average Bonchev–Trinajstić information content (AvgIpc) is 3.02. The van der Waals surface area contributed by atoms with E-state index in [-0.39, 0.29) is 16.6 Å². The van der Waals surface area contributed by atoms with E-state index in [0.29, 0.717) is 23.2 Å². The van der Waals surface area contributed by atoms with Crippen LogP contribution in [0.5, 0.6) is 0 Å². The van der Waals surface area contributed by atoms with Gasteiger partial charge in [0.25, 0.3) is 0 Å². The third-order valence-corrected chi connectivity index (χ3v) is 4.79. The lowest BCUT2D eigenvalue weighted by atomic mass is 10.3. The highest BCUT2D eigenvalue weighted by Gasteiger charge is 2.31. The third-order valence-electron chi connectivity index (χ3n) is 3.57. The fourth-order valence-corrected chi connectivity index (χ4v) is 3.31. The number of alkyl halides is 3. The van der Waals surface area contributed by atoms with Crippen LogP contribution < -0.4 is 5.32 Å². The summed E-state index contributed by atoms with van der Waals surface area (Å²) in [4.78, 5) is 15.7. The fraction of sp³-hybridized carbons (Fsp3) is 0.176. The van der Waals surface area contributed by atoms with E-state index in [2.05, 4.69) is 20.5 Å². The molecule has 0 aliphatic carbocycles. The summed E-state index contributed by atoms with van der Waals surface area (Å²) in [6.07, 6.45) is -3.95. The van der Waals surface area contributed by atoms with Crippen LogP contribution in [0.4, 0.5) is 19.0 Å². The highest BCUT2D eigenvalue weighted by Crippen LogP contribution is 2.32. The van der Waals surface area contributed by atoms with E-state index in [1.165, 1.54) is 0 Å². The van der Waals surface area contributed by atoms with Crippen LogP contribution in [0.15, 0.2) is 47.8 Å². The van der Waals surface area contributed by atoms with E-state index in [4.69, 9.17) is 11.6 Å². The van der Waals surface area contributed by atoms with Crippen LogP contribution in [0.25, 0.3) is 5.69 Å². The summed E-state index contributed by atoms with van der Waals surface area (Å²) in [5.41, 5.74) is -0.142. The number of benzene rings is 1. The van der Waals surface area contributed by atoms with Crippen LogP contribution in [-0.2, 0) is 11.0 Å². The number of nitrogens with zero attached hydrogens (tertiary/aromatic N) is 4. The van der Waals surface area contributed by atoms with Gasteiger partial charge in [-0.05, 0) is 25.1 Å². The summed E-state index contributed by atoms with van der Waals surface area (Å²) in [7, 11) is 0. The lowest BCUT2D eigenvalue weighted by Gasteiger charge is -2.10. The maximum absolute atomic E-state index is 12.6. The van der Waals surface area contributed by atoms with Gasteiger partial charge in [-0.15, -0.1) is 10.2 Å².